The molecule has 0 N–H and O–H groups in total. The average molecular weight is 173 g/mol. The summed E-state index contributed by atoms with van der Waals surface area (Å²) in [5, 5.41) is 0.901. The summed E-state index contributed by atoms with van der Waals surface area (Å²) in [6.45, 7) is 4.22. The molecule has 0 heterocycles. The van der Waals surface area contributed by atoms with E-state index in [-0.39, 0.29) is 5.41 Å². The van der Waals surface area contributed by atoms with Crippen LogP contribution in [0.3, 0.4) is 0 Å². The molecule has 0 radical (unpaired) electrons. The Morgan fingerprint density at radius 2 is 2.09 bits per heavy atom. The number of hydrogen-bond donors (Lipinski definition) is 0. The molecule has 0 aromatic carbocycles. The minimum absolute atomic E-state index is 0.0433. The molecule has 0 atom stereocenters. The van der Waals surface area contributed by atoms with Crippen LogP contribution in [0.25, 0.3) is 0 Å². The summed E-state index contributed by atoms with van der Waals surface area (Å²) in [7, 11) is 1.69. The summed E-state index contributed by atoms with van der Waals surface area (Å²) >= 11 is 5.99. The maximum Gasteiger partial charge on any atom is 0.0964 e. The highest BCUT2D eigenvalue weighted by Gasteiger charge is 2.26. The molecule has 62 valence electrons. The fraction of sp³-hybridized carbons (Fsp3) is 0.556. The van der Waals surface area contributed by atoms with E-state index in [0.717, 1.165) is 17.2 Å². The van der Waals surface area contributed by atoms with Gasteiger partial charge in [-0.1, -0.05) is 25.4 Å². The van der Waals surface area contributed by atoms with Gasteiger partial charge in [-0.25, -0.2) is 0 Å². The van der Waals surface area contributed by atoms with Gasteiger partial charge in [-0.3, -0.25) is 0 Å². The van der Waals surface area contributed by atoms with Gasteiger partial charge in [0.25, 0.3) is 0 Å². The third-order valence-electron chi connectivity index (χ3n) is 1.94. The molecule has 0 unspecified atom stereocenters. The molecule has 1 aliphatic rings. The van der Waals surface area contributed by atoms with Gasteiger partial charge >= 0.3 is 0 Å². The third kappa shape index (κ3) is 1.78. The molecule has 1 nitrogen and oxygen atoms in total. The number of ether oxygens (including phenoxy) is 1. The van der Waals surface area contributed by atoms with Gasteiger partial charge in [-0.15, -0.1) is 0 Å². The van der Waals surface area contributed by atoms with Crippen molar-refractivity contribution in [3.8, 4) is 0 Å². The zero-order valence-corrected chi connectivity index (χ0v) is 7.90. The van der Waals surface area contributed by atoms with Crippen molar-refractivity contribution in [1.82, 2.24) is 0 Å². The van der Waals surface area contributed by atoms with E-state index in [4.69, 9.17) is 16.3 Å². The van der Waals surface area contributed by atoms with Gasteiger partial charge in [0, 0.05) is 16.9 Å². The molecule has 11 heavy (non-hydrogen) atoms. The lowest BCUT2D eigenvalue weighted by Crippen LogP contribution is -2.15. The molecule has 2 heteroatoms. The highest BCUT2D eigenvalue weighted by atomic mass is 35.5. The normalized spacial score (nSPS) is 22.2. The first-order valence-corrected chi connectivity index (χ1v) is 4.05. The average Bonchev–Trinajstić information content (AvgIpc) is 1.95. The van der Waals surface area contributed by atoms with Crippen molar-refractivity contribution in [3.05, 3.63) is 22.9 Å². The first kappa shape index (κ1) is 8.66. The smallest absolute Gasteiger partial charge is 0.0964 e. The predicted octanol–water partition coefficient (Wildman–Crippen LogP) is 3.07. The number of methoxy groups -OCH3 is 1. The van der Waals surface area contributed by atoms with Crippen molar-refractivity contribution in [2.75, 3.05) is 7.11 Å². The highest BCUT2D eigenvalue weighted by Crippen LogP contribution is 2.38. The number of hydrogen-bond acceptors (Lipinski definition) is 1. The minimum atomic E-state index is 0.0433. The molecule has 0 bridgehead atoms. The predicted molar refractivity (Wildman–Crippen MR) is 47.4 cm³/mol. The Kier molecular flexibility index (Phi) is 2.28. The van der Waals surface area contributed by atoms with Crippen LogP contribution in [-0.2, 0) is 4.74 Å². The highest BCUT2D eigenvalue weighted by molar-refractivity contribution is 6.30. The van der Waals surface area contributed by atoms with Gasteiger partial charge in [0.1, 0.15) is 0 Å². The molecule has 1 rings (SSSR count). The Morgan fingerprint density at radius 1 is 1.45 bits per heavy atom. The van der Waals surface area contributed by atoms with E-state index in [0.29, 0.717) is 0 Å². The van der Waals surface area contributed by atoms with E-state index in [1.54, 1.807) is 7.11 Å². The second-order valence-corrected chi connectivity index (χ2v) is 3.82. The largest absolute Gasteiger partial charge is 0.501 e. The van der Waals surface area contributed by atoms with Crippen LogP contribution in [0, 0.1) is 5.41 Å². The lowest BCUT2D eigenvalue weighted by molar-refractivity contribution is 0.244. The molecule has 0 amide bonds. The van der Waals surface area contributed by atoms with Crippen LogP contribution in [-0.4, -0.2) is 7.11 Å². The van der Waals surface area contributed by atoms with Crippen molar-refractivity contribution < 1.29 is 4.74 Å². The molecule has 0 aliphatic heterocycles. The van der Waals surface area contributed by atoms with E-state index < -0.39 is 0 Å². The van der Waals surface area contributed by atoms with E-state index in [2.05, 4.69) is 13.8 Å². The van der Waals surface area contributed by atoms with E-state index in [9.17, 15) is 0 Å². The van der Waals surface area contributed by atoms with Crippen molar-refractivity contribution in [3.63, 3.8) is 0 Å². The van der Waals surface area contributed by atoms with Crippen molar-refractivity contribution in [1.29, 1.82) is 0 Å². The molecule has 0 spiro atoms. The molecule has 1 aliphatic carbocycles. The standard InChI is InChI=1S/C9H13ClO/c1-9(2)6-7(11-3)4-5-8(9)10/h4-5H,6H2,1-3H3. The summed E-state index contributed by atoms with van der Waals surface area (Å²) in [6.07, 6.45) is 4.72. The summed E-state index contributed by atoms with van der Waals surface area (Å²) in [5.41, 5.74) is 0.0433. The summed E-state index contributed by atoms with van der Waals surface area (Å²) < 4.78 is 5.13. The summed E-state index contributed by atoms with van der Waals surface area (Å²) in [4.78, 5) is 0. The molecule has 0 saturated heterocycles. The van der Waals surface area contributed by atoms with Gasteiger partial charge in [-0.05, 0) is 12.2 Å². The van der Waals surface area contributed by atoms with Gasteiger partial charge in [-0.2, -0.15) is 0 Å². The Labute approximate surface area is 72.7 Å². The van der Waals surface area contributed by atoms with Crippen LogP contribution in [0.5, 0.6) is 0 Å². The van der Waals surface area contributed by atoms with E-state index >= 15 is 0 Å². The summed E-state index contributed by atoms with van der Waals surface area (Å²) in [6, 6.07) is 0. The van der Waals surface area contributed by atoms with E-state index in [1.165, 1.54) is 0 Å². The SMILES string of the molecule is COC1=CC=C(Cl)C(C)(C)C1. The Morgan fingerprint density at radius 3 is 2.55 bits per heavy atom. The topological polar surface area (TPSA) is 9.23 Å². The van der Waals surface area contributed by atoms with Gasteiger partial charge in [0.15, 0.2) is 0 Å². The van der Waals surface area contributed by atoms with Crippen molar-refractivity contribution in [2.24, 2.45) is 5.41 Å². The Hall–Kier alpha value is -0.430. The number of halogens is 1. The number of allylic oxidation sites excluding steroid dienone is 4. The van der Waals surface area contributed by atoms with E-state index in [1.807, 2.05) is 12.2 Å². The van der Waals surface area contributed by atoms with Crippen LogP contribution in [0.2, 0.25) is 0 Å². The lowest BCUT2D eigenvalue weighted by atomic mass is 9.85. The molecule has 0 fully saturated rings. The fourth-order valence-electron chi connectivity index (χ4n) is 1.11. The fourth-order valence-corrected chi connectivity index (χ4v) is 1.24. The first-order chi connectivity index (χ1) is 5.06. The maximum atomic E-state index is 5.99. The second-order valence-electron chi connectivity index (χ2n) is 3.41. The second kappa shape index (κ2) is 2.90. The number of rotatable bonds is 1. The van der Waals surface area contributed by atoms with Crippen LogP contribution in [0.15, 0.2) is 22.9 Å². The van der Waals surface area contributed by atoms with Crippen LogP contribution >= 0.6 is 11.6 Å². The molecule has 0 saturated carbocycles. The van der Waals surface area contributed by atoms with Gasteiger partial charge in [0.05, 0.1) is 12.9 Å². The molecular formula is C9H13ClO. The zero-order chi connectivity index (χ0) is 8.48. The van der Waals surface area contributed by atoms with Crippen LogP contribution in [0.1, 0.15) is 20.3 Å². The maximum absolute atomic E-state index is 5.99. The molecule has 0 aromatic heterocycles. The molecular weight excluding hydrogens is 160 g/mol. The van der Waals surface area contributed by atoms with Crippen molar-refractivity contribution >= 4 is 11.6 Å². The monoisotopic (exact) mass is 172 g/mol. The Balaban J connectivity index is 2.84. The van der Waals surface area contributed by atoms with Crippen molar-refractivity contribution in [2.45, 2.75) is 20.3 Å². The van der Waals surface area contributed by atoms with Gasteiger partial charge < -0.3 is 4.74 Å². The Bertz CT molecular complexity index is 214. The third-order valence-corrected chi connectivity index (χ3v) is 2.58. The summed E-state index contributed by atoms with van der Waals surface area (Å²) in [5.74, 6) is 0.999. The first-order valence-electron chi connectivity index (χ1n) is 3.67. The lowest BCUT2D eigenvalue weighted by Gasteiger charge is -2.27. The quantitative estimate of drug-likeness (QED) is 0.591. The van der Waals surface area contributed by atoms with Crippen LogP contribution in [0.4, 0.5) is 0 Å². The molecule has 0 aromatic rings. The zero-order valence-electron chi connectivity index (χ0n) is 7.15. The minimum Gasteiger partial charge on any atom is -0.501 e. The van der Waals surface area contributed by atoms with Crippen LogP contribution < -0.4 is 0 Å². The van der Waals surface area contributed by atoms with Gasteiger partial charge in [0.2, 0.25) is 0 Å².